The van der Waals surface area contributed by atoms with Gasteiger partial charge in [0, 0.05) is 24.7 Å². The molecule has 5 rings (SSSR count). The fraction of sp³-hybridized carbons (Fsp3) is 0.333. The highest BCUT2D eigenvalue weighted by molar-refractivity contribution is 8.00. The number of para-hydroxylation sites is 1. The number of amides is 3. The molecule has 0 unspecified atom stereocenters. The van der Waals surface area contributed by atoms with Crippen LogP contribution in [-0.4, -0.2) is 65.8 Å². The maximum atomic E-state index is 13.3. The molecule has 10 nitrogen and oxygen atoms in total. The van der Waals surface area contributed by atoms with E-state index >= 15 is 0 Å². The number of aromatic nitrogens is 4. The molecule has 3 amide bonds. The first-order valence-corrected chi connectivity index (χ1v) is 12.5. The zero-order valence-electron chi connectivity index (χ0n) is 19.1. The van der Waals surface area contributed by atoms with Crippen LogP contribution >= 0.6 is 11.8 Å². The van der Waals surface area contributed by atoms with Gasteiger partial charge in [-0.05, 0) is 43.5 Å². The van der Waals surface area contributed by atoms with Crippen molar-refractivity contribution in [1.82, 2.24) is 35.5 Å². The number of carbonyl (C=O) groups is 3. The molecule has 2 saturated heterocycles. The average Bonchev–Trinajstić information content (AvgIpc) is 3.50. The third kappa shape index (κ3) is 4.76. The smallest absolute Gasteiger partial charge is 0.274 e. The predicted molar refractivity (Wildman–Crippen MR) is 130 cm³/mol. The lowest BCUT2D eigenvalue weighted by atomic mass is 10.0. The minimum atomic E-state index is -0.715. The molecule has 2 fully saturated rings. The van der Waals surface area contributed by atoms with Crippen molar-refractivity contribution in [2.75, 3.05) is 5.75 Å². The van der Waals surface area contributed by atoms with E-state index in [1.807, 2.05) is 42.5 Å². The van der Waals surface area contributed by atoms with E-state index in [1.54, 1.807) is 36.0 Å². The van der Waals surface area contributed by atoms with Crippen LogP contribution in [0.15, 0.2) is 54.9 Å². The molecule has 0 bridgehead atoms. The van der Waals surface area contributed by atoms with Gasteiger partial charge >= 0.3 is 0 Å². The van der Waals surface area contributed by atoms with E-state index in [9.17, 15) is 14.4 Å². The number of nitrogens with zero attached hydrogens (tertiary/aromatic N) is 5. The Hall–Kier alpha value is -3.73. The monoisotopic (exact) mass is 491 g/mol. The van der Waals surface area contributed by atoms with Crippen molar-refractivity contribution in [2.24, 2.45) is 0 Å². The van der Waals surface area contributed by atoms with E-state index in [1.165, 1.54) is 4.80 Å². The Morgan fingerprint density at radius 3 is 2.71 bits per heavy atom. The molecule has 4 heterocycles. The molecule has 1 aromatic carbocycles. The standard InChI is InChI=1S/C24H25N7O3S/c1-15-21(29-31(28-15)17-7-3-2-4-8-17)23(33)27-18-9-10-20-30(24(18)34)19(14-35-20)22(32)26-13-16-6-5-11-25-12-16/h2-8,11-12,18-20H,9-10,13-14H2,1H3,(H,26,32)(H,27,33)/t18-,19-,20-/m0/s1. The Bertz CT molecular complexity index is 1230. The summed E-state index contributed by atoms with van der Waals surface area (Å²) in [7, 11) is 0. The number of aryl methyl sites for hydroxylation is 1. The molecule has 2 aromatic heterocycles. The van der Waals surface area contributed by atoms with Gasteiger partial charge in [-0.25, -0.2) is 0 Å². The summed E-state index contributed by atoms with van der Waals surface area (Å²) >= 11 is 1.60. The zero-order chi connectivity index (χ0) is 24.4. The normalized spacial score (nSPS) is 21.5. The first kappa shape index (κ1) is 23.0. The van der Waals surface area contributed by atoms with Crippen LogP contribution in [0, 0.1) is 6.92 Å². The minimum absolute atomic E-state index is 0.0644. The molecule has 11 heteroatoms. The summed E-state index contributed by atoms with van der Waals surface area (Å²) in [5.74, 6) is -0.369. The summed E-state index contributed by atoms with van der Waals surface area (Å²) in [6.07, 6.45) is 4.58. The molecule has 0 aliphatic carbocycles. The third-order valence-electron chi connectivity index (χ3n) is 6.13. The zero-order valence-corrected chi connectivity index (χ0v) is 19.9. The highest BCUT2D eigenvalue weighted by atomic mass is 32.2. The number of thioether (sulfide) groups is 1. The molecule has 0 saturated carbocycles. The molecule has 3 atom stereocenters. The third-order valence-corrected chi connectivity index (χ3v) is 7.49. The first-order chi connectivity index (χ1) is 17.0. The van der Waals surface area contributed by atoms with Crippen LogP contribution in [-0.2, 0) is 16.1 Å². The van der Waals surface area contributed by atoms with Gasteiger partial charge in [0.15, 0.2) is 5.69 Å². The van der Waals surface area contributed by atoms with Crippen LogP contribution in [0.5, 0.6) is 0 Å². The second kappa shape index (κ2) is 9.87. The van der Waals surface area contributed by atoms with Gasteiger partial charge in [-0.15, -0.1) is 16.9 Å². The number of nitrogens with one attached hydrogen (secondary N) is 2. The molecule has 35 heavy (non-hydrogen) atoms. The Labute approximate surface area is 206 Å². The van der Waals surface area contributed by atoms with Gasteiger partial charge in [0.25, 0.3) is 5.91 Å². The van der Waals surface area contributed by atoms with Gasteiger partial charge in [-0.3, -0.25) is 19.4 Å². The van der Waals surface area contributed by atoms with Crippen LogP contribution in [0.4, 0.5) is 0 Å². The fourth-order valence-electron chi connectivity index (χ4n) is 4.33. The highest BCUT2D eigenvalue weighted by Gasteiger charge is 2.47. The van der Waals surface area contributed by atoms with Crippen molar-refractivity contribution < 1.29 is 14.4 Å². The molecule has 0 spiro atoms. The van der Waals surface area contributed by atoms with Gasteiger partial charge in [0.05, 0.1) is 16.8 Å². The van der Waals surface area contributed by atoms with E-state index in [0.717, 1.165) is 11.3 Å². The second-order valence-electron chi connectivity index (χ2n) is 8.49. The number of hydrogen-bond donors (Lipinski definition) is 2. The summed E-state index contributed by atoms with van der Waals surface area (Å²) in [6.45, 7) is 2.05. The van der Waals surface area contributed by atoms with Gasteiger partial charge in [-0.2, -0.15) is 9.90 Å². The van der Waals surface area contributed by atoms with E-state index in [-0.39, 0.29) is 22.9 Å². The van der Waals surface area contributed by atoms with Crippen LogP contribution in [0.2, 0.25) is 0 Å². The van der Waals surface area contributed by atoms with Crippen LogP contribution in [0.3, 0.4) is 0 Å². The maximum Gasteiger partial charge on any atom is 0.274 e. The topological polar surface area (TPSA) is 122 Å². The molecule has 3 aromatic rings. The van der Waals surface area contributed by atoms with Gasteiger partial charge in [-0.1, -0.05) is 24.3 Å². The Balaban J connectivity index is 1.25. The molecule has 2 aliphatic rings. The van der Waals surface area contributed by atoms with Crippen molar-refractivity contribution >= 4 is 29.5 Å². The maximum absolute atomic E-state index is 13.3. The Kier molecular flexibility index (Phi) is 6.49. The molecule has 2 aliphatic heterocycles. The lowest BCUT2D eigenvalue weighted by Gasteiger charge is -2.36. The number of piperidine rings is 1. The quantitative estimate of drug-likeness (QED) is 0.535. The molecule has 180 valence electrons. The summed E-state index contributed by atoms with van der Waals surface area (Å²) in [5, 5.41) is 14.3. The number of benzene rings is 1. The number of carbonyl (C=O) groups excluding carboxylic acids is 3. The van der Waals surface area contributed by atoms with Gasteiger partial charge in [0.1, 0.15) is 12.1 Å². The van der Waals surface area contributed by atoms with Crippen molar-refractivity contribution in [3.05, 3.63) is 71.8 Å². The van der Waals surface area contributed by atoms with Crippen LogP contribution in [0.1, 0.15) is 34.6 Å². The first-order valence-electron chi connectivity index (χ1n) is 11.4. The molecule has 2 N–H and O–H groups in total. The van der Waals surface area contributed by atoms with Crippen molar-refractivity contribution in [2.45, 2.75) is 43.8 Å². The van der Waals surface area contributed by atoms with Gasteiger partial charge in [0.2, 0.25) is 11.8 Å². The fourth-order valence-corrected chi connectivity index (χ4v) is 5.76. The van der Waals surface area contributed by atoms with Crippen molar-refractivity contribution in [1.29, 1.82) is 0 Å². The summed E-state index contributed by atoms with van der Waals surface area (Å²) < 4.78 is 0. The molecular weight excluding hydrogens is 466 g/mol. The molecule has 0 radical (unpaired) electrons. The van der Waals surface area contributed by atoms with E-state index < -0.39 is 18.0 Å². The largest absolute Gasteiger partial charge is 0.350 e. The van der Waals surface area contributed by atoms with Gasteiger partial charge < -0.3 is 15.5 Å². The summed E-state index contributed by atoms with van der Waals surface area (Å²) in [5.41, 5.74) is 2.26. The number of fused-ring (bicyclic) bond motifs is 1. The van der Waals surface area contributed by atoms with E-state index in [2.05, 4.69) is 25.8 Å². The lowest BCUT2D eigenvalue weighted by Crippen LogP contribution is -2.59. The van der Waals surface area contributed by atoms with E-state index in [4.69, 9.17) is 0 Å². The second-order valence-corrected chi connectivity index (χ2v) is 9.70. The SMILES string of the molecule is Cc1nn(-c2ccccc2)nc1C(=O)N[C@H]1CC[C@@H]2SC[C@@H](C(=O)NCc3cccnc3)N2C1=O. The van der Waals surface area contributed by atoms with E-state index in [0.29, 0.717) is 30.8 Å². The van der Waals surface area contributed by atoms with Crippen molar-refractivity contribution in [3.8, 4) is 5.69 Å². The average molecular weight is 492 g/mol. The number of hydrogen-bond acceptors (Lipinski definition) is 7. The van der Waals surface area contributed by atoms with Crippen molar-refractivity contribution in [3.63, 3.8) is 0 Å². The molecular formula is C24H25N7O3S. The Morgan fingerprint density at radius 1 is 1.11 bits per heavy atom. The highest BCUT2D eigenvalue weighted by Crippen LogP contribution is 2.36. The number of pyridine rings is 1. The lowest BCUT2D eigenvalue weighted by molar-refractivity contribution is -0.143. The summed E-state index contributed by atoms with van der Waals surface area (Å²) in [4.78, 5) is 46.3. The van der Waals surface area contributed by atoms with Crippen LogP contribution < -0.4 is 10.6 Å². The minimum Gasteiger partial charge on any atom is -0.350 e. The predicted octanol–water partition coefficient (Wildman–Crippen LogP) is 1.45. The summed E-state index contributed by atoms with van der Waals surface area (Å²) in [6, 6.07) is 11.7. The number of rotatable bonds is 6. The van der Waals surface area contributed by atoms with Crippen LogP contribution in [0.25, 0.3) is 5.69 Å². The Morgan fingerprint density at radius 2 is 1.94 bits per heavy atom.